The largest absolute Gasteiger partial charge is 0.493 e. The van der Waals surface area contributed by atoms with E-state index in [1.165, 1.54) is 0 Å². The lowest BCUT2D eigenvalue weighted by Crippen LogP contribution is -2.15. The van der Waals surface area contributed by atoms with Crippen LogP contribution in [0.15, 0.2) is 67.0 Å². The molecule has 2 aromatic carbocycles. The molecule has 0 saturated carbocycles. The molecule has 3 rings (SSSR count). The summed E-state index contributed by atoms with van der Waals surface area (Å²) in [6.45, 7) is 6.00. The van der Waals surface area contributed by atoms with Gasteiger partial charge in [0, 0.05) is 31.0 Å². The number of hydrogen-bond donors (Lipinski definition) is 1. The minimum atomic E-state index is 0.153. The van der Waals surface area contributed by atoms with Gasteiger partial charge in [-0.1, -0.05) is 24.3 Å². The van der Waals surface area contributed by atoms with E-state index in [4.69, 9.17) is 14.2 Å². The topological polar surface area (TPSA) is 52.6 Å². The minimum Gasteiger partial charge on any atom is -0.493 e. The van der Waals surface area contributed by atoms with E-state index in [-0.39, 0.29) is 6.10 Å². The molecule has 29 heavy (non-hydrogen) atoms. The van der Waals surface area contributed by atoms with Gasteiger partial charge in [0.25, 0.3) is 0 Å². The second kappa shape index (κ2) is 10.5. The zero-order valence-electron chi connectivity index (χ0n) is 17.2. The molecule has 1 heterocycles. The minimum absolute atomic E-state index is 0.153. The van der Waals surface area contributed by atoms with E-state index in [0.29, 0.717) is 6.61 Å². The van der Waals surface area contributed by atoms with Gasteiger partial charge in [-0.25, -0.2) is 0 Å². The third kappa shape index (κ3) is 6.22. The smallest absolute Gasteiger partial charge is 0.161 e. The first-order valence-electron chi connectivity index (χ1n) is 9.79. The Labute approximate surface area is 172 Å². The van der Waals surface area contributed by atoms with Gasteiger partial charge in [0.15, 0.2) is 11.5 Å². The van der Waals surface area contributed by atoms with Crippen molar-refractivity contribution in [3.8, 4) is 17.2 Å². The fraction of sp³-hybridized carbons (Fsp3) is 0.292. The highest BCUT2D eigenvalue weighted by Gasteiger charge is 2.08. The molecule has 0 spiro atoms. The molecule has 0 aliphatic rings. The Morgan fingerprint density at radius 3 is 2.41 bits per heavy atom. The second-order valence-electron chi connectivity index (χ2n) is 7.01. The number of ether oxygens (including phenoxy) is 3. The molecule has 0 aliphatic heterocycles. The molecule has 0 fully saturated rings. The van der Waals surface area contributed by atoms with Crippen LogP contribution in [0.25, 0.3) is 0 Å². The fourth-order valence-electron chi connectivity index (χ4n) is 2.94. The predicted molar refractivity (Wildman–Crippen MR) is 114 cm³/mol. The maximum atomic E-state index is 5.91. The Kier molecular flexibility index (Phi) is 7.47. The first-order chi connectivity index (χ1) is 14.2. The second-order valence-corrected chi connectivity index (χ2v) is 7.01. The van der Waals surface area contributed by atoms with Crippen molar-refractivity contribution in [1.29, 1.82) is 0 Å². The molecule has 0 aliphatic carbocycles. The van der Waals surface area contributed by atoms with Crippen LogP contribution in [-0.2, 0) is 19.7 Å². The summed E-state index contributed by atoms with van der Waals surface area (Å²) in [5.74, 6) is 2.37. The molecule has 0 amide bonds. The van der Waals surface area contributed by atoms with Crippen molar-refractivity contribution >= 4 is 0 Å². The quantitative estimate of drug-likeness (QED) is 0.540. The van der Waals surface area contributed by atoms with Crippen molar-refractivity contribution in [2.24, 2.45) is 0 Å². The molecule has 0 saturated heterocycles. The Bertz CT molecular complexity index is 898. The highest BCUT2D eigenvalue weighted by atomic mass is 16.5. The predicted octanol–water partition coefficient (Wildman–Crippen LogP) is 4.75. The molecule has 0 atom stereocenters. The van der Waals surface area contributed by atoms with E-state index in [2.05, 4.69) is 16.4 Å². The molecule has 0 unspecified atom stereocenters. The van der Waals surface area contributed by atoms with E-state index >= 15 is 0 Å². The Balaban J connectivity index is 1.58. The van der Waals surface area contributed by atoms with Gasteiger partial charge in [0.2, 0.25) is 0 Å². The molecule has 3 aromatic rings. The molecule has 0 radical (unpaired) electrons. The average Bonchev–Trinajstić information content (AvgIpc) is 2.74. The van der Waals surface area contributed by atoms with Crippen LogP contribution in [0.3, 0.4) is 0 Å². The van der Waals surface area contributed by atoms with E-state index in [9.17, 15) is 0 Å². The molecule has 152 valence electrons. The van der Waals surface area contributed by atoms with Crippen LogP contribution in [0.4, 0.5) is 0 Å². The Hall–Kier alpha value is -3.05. The van der Waals surface area contributed by atoms with Crippen LogP contribution >= 0.6 is 0 Å². The lowest BCUT2D eigenvalue weighted by molar-refractivity contribution is 0.239. The van der Waals surface area contributed by atoms with Crippen molar-refractivity contribution < 1.29 is 14.2 Å². The summed E-state index contributed by atoms with van der Waals surface area (Å²) < 4.78 is 17.3. The van der Waals surface area contributed by atoms with Crippen LogP contribution in [-0.4, -0.2) is 18.2 Å². The monoisotopic (exact) mass is 392 g/mol. The summed E-state index contributed by atoms with van der Waals surface area (Å²) in [4.78, 5) is 4.02. The average molecular weight is 392 g/mol. The first-order valence-corrected chi connectivity index (χ1v) is 9.79. The number of rotatable bonds is 10. The lowest BCUT2D eigenvalue weighted by atomic mass is 10.1. The number of benzene rings is 2. The van der Waals surface area contributed by atoms with Crippen molar-refractivity contribution in [1.82, 2.24) is 10.3 Å². The summed E-state index contributed by atoms with van der Waals surface area (Å²) in [6.07, 6.45) is 3.67. The zero-order chi connectivity index (χ0) is 20.5. The standard InChI is InChI=1S/C24H28N2O3/c1-18(2)29-22-7-5-4-6-21(22)16-26-15-20-8-9-23(24(14-20)27-3)28-17-19-10-12-25-13-11-19/h4-14,18,26H,15-17H2,1-3H3. The number of para-hydroxylation sites is 1. The third-order valence-electron chi connectivity index (χ3n) is 4.35. The summed E-state index contributed by atoms with van der Waals surface area (Å²) in [5, 5.41) is 3.48. The number of methoxy groups -OCH3 is 1. The number of hydrogen-bond acceptors (Lipinski definition) is 5. The highest BCUT2D eigenvalue weighted by molar-refractivity contribution is 5.43. The lowest BCUT2D eigenvalue weighted by Gasteiger charge is -2.15. The molecule has 0 bridgehead atoms. The van der Waals surface area contributed by atoms with E-state index in [1.54, 1.807) is 19.5 Å². The molecule has 1 aromatic heterocycles. The molecule has 5 nitrogen and oxygen atoms in total. The van der Waals surface area contributed by atoms with Gasteiger partial charge in [-0.15, -0.1) is 0 Å². The number of nitrogens with one attached hydrogen (secondary N) is 1. The normalized spacial score (nSPS) is 10.8. The van der Waals surface area contributed by atoms with Gasteiger partial charge in [-0.3, -0.25) is 4.98 Å². The van der Waals surface area contributed by atoms with Gasteiger partial charge in [0.1, 0.15) is 12.4 Å². The van der Waals surface area contributed by atoms with Gasteiger partial charge >= 0.3 is 0 Å². The Morgan fingerprint density at radius 2 is 1.66 bits per heavy atom. The summed E-state index contributed by atoms with van der Waals surface area (Å²) in [6, 6.07) is 18.0. The van der Waals surface area contributed by atoms with Gasteiger partial charge in [-0.2, -0.15) is 0 Å². The van der Waals surface area contributed by atoms with Crippen LogP contribution in [0.2, 0.25) is 0 Å². The highest BCUT2D eigenvalue weighted by Crippen LogP contribution is 2.29. The maximum Gasteiger partial charge on any atom is 0.161 e. The summed E-state index contributed by atoms with van der Waals surface area (Å²) in [5.41, 5.74) is 3.33. The molecular formula is C24H28N2O3. The van der Waals surface area contributed by atoms with Crippen LogP contribution in [0, 0.1) is 0 Å². The zero-order valence-corrected chi connectivity index (χ0v) is 17.2. The third-order valence-corrected chi connectivity index (χ3v) is 4.35. The van der Waals surface area contributed by atoms with Crippen molar-refractivity contribution in [2.75, 3.05) is 7.11 Å². The van der Waals surface area contributed by atoms with Crippen molar-refractivity contribution in [3.63, 3.8) is 0 Å². The fourth-order valence-corrected chi connectivity index (χ4v) is 2.94. The SMILES string of the molecule is COc1cc(CNCc2ccccc2OC(C)C)ccc1OCc1ccncc1. The Morgan fingerprint density at radius 1 is 0.862 bits per heavy atom. The number of aromatic nitrogens is 1. The number of pyridine rings is 1. The van der Waals surface area contributed by atoms with Crippen LogP contribution in [0.1, 0.15) is 30.5 Å². The van der Waals surface area contributed by atoms with Gasteiger partial charge in [0.05, 0.1) is 13.2 Å². The van der Waals surface area contributed by atoms with E-state index in [0.717, 1.165) is 47.0 Å². The van der Waals surface area contributed by atoms with Crippen LogP contribution in [0.5, 0.6) is 17.2 Å². The van der Waals surface area contributed by atoms with Crippen LogP contribution < -0.4 is 19.5 Å². The van der Waals surface area contributed by atoms with Crippen molar-refractivity contribution in [2.45, 2.75) is 39.6 Å². The molecule has 5 heteroatoms. The van der Waals surface area contributed by atoms with Gasteiger partial charge < -0.3 is 19.5 Å². The van der Waals surface area contributed by atoms with Gasteiger partial charge in [-0.05, 0) is 55.3 Å². The number of nitrogens with zero attached hydrogens (tertiary/aromatic N) is 1. The van der Waals surface area contributed by atoms with E-state index < -0.39 is 0 Å². The molecule has 1 N–H and O–H groups in total. The van der Waals surface area contributed by atoms with E-state index in [1.807, 2.05) is 62.4 Å². The molecular weight excluding hydrogens is 364 g/mol. The maximum absolute atomic E-state index is 5.91. The van der Waals surface area contributed by atoms with Crippen molar-refractivity contribution in [3.05, 3.63) is 83.7 Å². The first kappa shape index (κ1) is 20.7. The summed E-state index contributed by atoms with van der Waals surface area (Å²) in [7, 11) is 1.66. The summed E-state index contributed by atoms with van der Waals surface area (Å²) >= 11 is 0.